The molecule has 1 aliphatic carbocycles. The maximum absolute atomic E-state index is 5.66. The minimum Gasteiger partial charge on any atom is -0.493 e. The normalized spacial score (nSPS) is 18.3. The van der Waals surface area contributed by atoms with Gasteiger partial charge >= 0.3 is 0 Å². The van der Waals surface area contributed by atoms with Crippen LogP contribution in [-0.4, -0.2) is 20.8 Å². The van der Waals surface area contributed by atoms with E-state index in [1.54, 1.807) is 14.2 Å². The van der Waals surface area contributed by atoms with Gasteiger partial charge in [-0.2, -0.15) is 0 Å². The summed E-state index contributed by atoms with van der Waals surface area (Å²) < 4.78 is 10.8. The number of methoxy groups -OCH3 is 2. The van der Waals surface area contributed by atoms with Gasteiger partial charge in [-0.3, -0.25) is 0 Å². The molecule has 0 fully saturated rings. The summed E-state index contributed by atoms with van der Waals surface area (Å²) in [5.74, 6) is 2.26. The van der Waals surface area contributed by atoms with Crippen LogP contribution in [0.1, 0.15) is 29.9 Å². The second-order valence-corrected chi connectivity index (χ2v) is 4.19. The average molecular weight is 221 g/mol. The molecule has 0 saturated heterocycles. The van der Waals surface area contributed by atoms with Gasteiger partial charge in [0.1, 0.15) is 0 Å². The first-order valence-electron chi connectivity index (χ1n) is 5.75. The zero-order valence-corrected chi connectivity index (χ0v) is 9.95. The fourth-order valence-corrected chi connectivity index (χ4v) is 2.62. The maximum atomic E-state index is 5.66. The summed E-state index contributed by atoms with van der Waals surface area (Å²) in [7, 11) is 3.38. The molecule has 3 heteroatoms. The Balaban J connectivity index is 2.44. The molecule has 0 heterocycles. The molecule has 2 N–H and O–H groups in total. The van der Waals surface area contributed by atoms with E-state index in [0.29, 0.717) is 5.92 Å². The number of hydrogen-bond acceptors (Lipinski definition) is 3. The van der Waals surface area contributed by atoms with Crippen molar-refractivity contribution in [3.8, 4) is 11.5 Å². The molecule has 0 aromatic heterocycles. The van der Waals surface area contributed by atoms with Crippen molar-refractivity contribution in [3.63, 3.8) is 0 Å². The van der Waals surface area contributed by atoms with Gasteiger partial charge in [0.05, 0.1) is 14.2 Å². The summed E-state index contributed by atoms with van der Waals surface area (Å²) in [6.07, 6.45) is 3.33. The Morgan fingerprint density at radius 1 is 1.31 bits per heavy atom. The molecule has 3 nitrogen and oxygen atoms in total. The first-order valence-corrected chi connectivity index (χ1v) is 5.75. The fourth-order valence-electron chi connectivity index (χ4n) is 2.62. The van der Waals surface area contributed by atoms with Crippen molar-refractivity contribution in [1.82, 2.24) is 0 Å². The zero-order valence-electron chi connectivity index (χ0n) is 9.95. The lowest BCUT2D eigenvalue weighted by Gasteiger charge is -2.16. The highest BCUT2D eigenvalue weighted by Crippen LogP contribution is 2.45. The summed E-state index contributed by atoms with van der Waals surface area (Å²) in [5.41, 5.74) is 8.35. The van der Waals surface area contributed by atoms with Gasteiger partial charge in [-0.1, -0.05) is 6.07 Å². The molecule has 1 unspecified atom stereocenters. The molecular formula is C13H19NO2. The number of rotatable bonds is 4. The van der Waals surface area contributed by atoms with Gasteiger partial charge in [-0.05, 0) is 43.4 Å². The molecule has 1 aromatic rings. The Morgan fingerprint density at radius 2 is 2.12 bits per heavy atom. The van der Waals surface area contributed by atoms with Gasteiger partial charge in [-0.25, -0.2) is 0 Å². The van der Waals surface area contributed by atoms with E-state index in [0.717, 1.165) is 30.9 Å². The van der Waals surface area contributed by atoms with Gasteiger partial charge < -0.3 is 15.2 Å². The second-order valence-electron chi connectivity index (χ2n) is 4.19. The average Bonchev–Trinajstić information content (AvgIpc) is 2.72. The third-order valence-corrected chi connectivity index (χ3v) is 3.36. The van der Waals surface area contributed by atoms with E-state index in [9.17, 15) is 0 Å². The van der Waals surface area contributed by atoms with Crippen molar-refractivity contribution in [1.29, 1.82) is 0 Å². The molecule has 0 radical (unpaired) electrons. The lowest BCUT2D eigenvalue weighted by atomic mass is 9.96. The largest absolute Gasteiger partial charge is 0.493 e. The zero-order chi connectivity index (χ0) is 11.5. The van der Waals surface area contributed by atoms with Crippen LogP contribution in [0.15, 0.2) is 12.1 Å². The van der Waals surface area contributed by atoms with E-state index in [-0.39, 0.29) is 0 Å². The van der Waals surface area contributed by atoms with E-state index in [2.05, 4.69) is 6.07 Å². The van der Waals surface area contributed by atoms with Gasteiger partial charge in [0.25, 0.3) is 0 Å². The first kappa shape index (κ1) is 11.3. The molecule has 0 spiro atoms. The molecule has 0 bridgehead atoms. The van der Waals surface area contributed by atoms with Crippen molar-refractivity contribution in [2.45, 2.75) is 25.2 Å². The molecule has 16 heavy (non-hydrogen) atoms. The van der Waals surface area contributed by atoms with Gasteiger partial charge in [0.15, 0.2) is 11.5 Å². The van der Waals surface area contributed by atoms with Crippen LogP contribution in [0.5, 0.6) is 11.5 Å². The SMILES string of the molecule is COc1ccc2c(c1OC)C(CCN)CC2. The third-order valence-electron chi connectivity index (χ3n) is 3.36. The highest BCUT2D eigenvalue weighted by atomic mass is 16.5. The molecule has 2 rings (SSSR count). The van der Waals surface area contributed by atoms with E-state index in [1.807, 2.05) is 6.07 Å². The molecule has 1 atom stereocenters. The minimum absolute atomic E-state index is 0.532. The Kier molecular flexibility index (Phi) is 3.34. The summed E-state index contributed by atoms with van der Waals surface area (Å²) in [6, 6.07) is 4.13. The number of hydrogen-bond donors (Lipinski definition) is 1. The predicted octanol–water partition coefficient (Wildman–Crippen LogP) is 2.08. The summed E-state index contributed by atoms with van der Waals surface area (Å²) in [5, 5.41) is 0. The number of aryl methyl sites for hydroxylation is 1. The Morgan fingerprint density at radius 3 is 2.75 bits per heavy atom. The van der Waals surface area contributed by atoms with Gasteiger partial charge in [0, 0.05) is 5.56 Å². The summed E-state index contributed by atoms with van der Waals surface area (Å²) in [6.45, 7) is 0.727. The Labute approximate surface area is 96.5 Å². The Bertz CT molecular complexity index is 374. The Hall–Kier alpha value is -1.22. The van der Waals surface area contributed by atoms with Crippen LogP contribution >= 0.6 is 0 Å². The van der Waals surface area contributed by atoms with E-state index in [4.69, 9.17) is 15.2 Å². The molecule has 0 saturated carbocycles. The highest BCUT2D eigenvalue weighted by molar-refractivity contribution is 5.54. The first-order chi connectivity index (χ1) is 7.81. The lowest BCUT2D eigenvalue weighted by Crippen LogP contribution is -2.06. The predicted molar refractivity (Wildman–Crippen MR) is 64.3 cm³/mol. The molecule has 0 amide bonds. The smallest absolute Gasteiger partial charge is 0.164 e. The van der Waals surface area contributed by atoms with E-state index in [1.165, 1.54) is 17.5 Å². The second kappa shape index (κ2) is 4.74. The molecule has 1 aromatic carbocycles. The quantitative estimate of drug-likeness (QED) is 0.846. The van der Waals surface area contributed by atoms with Crippen molar-refractivity contribution in [3.05, 3.63) is 23.3 Å². The molecule has 88 valence electrons. The molecule has 0 aliphatic heterocycles. The number of fused-ring (bicyclic) bond motifs is 1. The van der Waals surface area contributed by atoms with Crippen LogP contribution in [0.2, 0.25) is 0 Å². The van der Waals surface area contributed by atoms with Crippen molar-refractivity contribution < 1.29 is 9.47 Å². The summed E-state index contributed by atoms with van der Waals surface area (Å²) >= 11 is 0. The van der Waals surface area contributed by atoms with Gasteiger partial charge in [0.2, 0.25) is 0 Å². The van der Waals surface area contributed by atoms with Crippen molar-refractivity contribution >= 4 is 0 Å². The topological polar surface area (TPSA) is 44.5 Å². The fraction of sp³-hybridized carbons (Fsp3) is 0.538. The van der Waals surface area contributed by atoms with Crippen LogP contribution in [0, 0.1) is 0 Å². The van der Waals surface area contributed by atoms with Crippen LogP contribution in [0.25, 0.3) is 0 Å². The lowest BCUT2D eigenvalue weighted by molar-refractivity contribution is 0.349. The van der Waals surface area contributed by atoms with Crippen LogP contribution in [0.4, 0.5) is 0 Å². The maximum Gasteiger partial charge on any atom is 0.164 e. The van der Waals surface area contributed by atoms with Gasteiger partial charge in [-0.15, -0.1) is 0 Å². The number of benzene rings is 1. The van der Waals surface area contributed by atoms with Crippen molar-refractivity contribution in [2.75, 3.05) is 20.8 Å². The summed E-state index contributed by atoms with van der Waals surface area (Å²) in [4.78, 5) is 0. The highest BCUT2D eigenvalue weighted by Gasteiger charge is 2.27. The molecule has 1 aliphatic rings. The monoisotopic (exact) mass is 221 g/mol. The van der Waals surface area contributed by atoms with Crippen molar-refractivity contribution in [2.24, 2.45) is 5.73 Å². The standard InChI is InChI=1S/C13H19NO2/c1-15-11-6-5-9-3-4-10(7-8-14)12(9)13(11)16-2/h5-6,10H,3-4,7-8,14H2,1-2H3. The minimum atomic E-state index is 0.532. The van der Waals surface area contributed by atoms with Crippen LogP contribution in [-0.2, 0) is 6.42 Å². The number of nitrogens with two attached hydrogens (primary N) is 1. The third kappa shape index (κ3) is 1.76. The number of ether oxygens (including phenoxy) is 2. The van der Waals surface area contributed by atoms with E-state index < -0.39 is 0 Å². The molecular weight excluding hydrogens is 202 g/mol. The van der Waals surface area contributed by atoms with Crippen LogP contribution < -0.4 is 15.2 Å². The van der Waals surface area contributed by atoms with Crippen LogP contribution in [0.3, 0.4) is 0 Å². The van der Waals surface area contributed by atoms with E-state index >= 15 is 0 Å².